The Bertz CT molecular complexity index is 256. The number of rotatable bonds is 6. The van der Waals surface area contributed by atoms with Gasteiger partial charge in [-0.2, -0.15) is 11.8 Å². The first kappa shape index (κ1) is 10.1. The molecule has 14 heavy (non-hydrogen) atoms. The van der Waals surface area contributed by atoms with Crippen LogP contribution in [0.2, 0.25) is 0 Å². The van der Waals surface area contributed by atoms with Gasteiger partial charge < -0.3 is 4.74 Å². The lowest BCUT2D eigenvalue weighted by Gasteiger charge is -2.02. The highest BCUT2D eigenvalue weighted by Gasteiger charge is 2.21. The third-order valence-corrected chi connectivity index (χ3v) is 3.19. The number of aryl methyl sites for hydroxylation is 1. The molecular weight excluding hydrogens is 192 g/mol. The van der Waals surface area contributed by atoms with Crippen molar-refractivity contribution in [3.8, 4) is 0 Å². The van der Waals surface area contributed by atoms with Crippen LogP contribution in [0.4, 0.5) is 0 Å². The fraction of sp³-hybridized carbons (Fsp3) is 0.500. The van der Waals surface area contributed by atoms with Gasteiger partial charge in [0, 0.05) is 17.6 Å². The fourth-order valence-electron chi connectivity index (χ4n) is 1.35. The minimum Gasteiger partial charge on any atom is -0.380 e. The minimum atomic E-state index is 0.807. The molecule has 1 nitrogen and oxygen atoms in total. The molecule has 1 fully saturated rings. The molecular formula is C12H15OS. The third-order valence-electron chi connectivity index (χ3n) is 2.25. The van der Waals surface area contributed by atoms with Crippen LogP contribution in [-0.4, -0.2) is 24.2 Å². The smallest absolute Gasteiger partial charge is 0.0593 e. The summed E-state index contributed by atoms with van der Waals surface area (Å²) in [5, 5.41) is 0.807. The van der Waals surface area contributed by atoms with Gasteiger partial charge in [0.05, 0.1) is 6.61 Å². The summed E-state index contributed by atoms with van der Waals surface area (Å²) in [6.07, 6.45) is 2.24. The second kappa shape index (κ2) is 5.42. The highest BCUT2D eigenvalue weighted by Crippen LogP contribution is 2.29. The zero-order chi connectivity index (χ0) is 9.64. The van der Waals surface area contributed by atoms with E-state index in [1.165, 1.54) is 11.3 Å². The summed E-state index contributed by atoms with van der Waals surface area (Å²) in [4.78, 5) is 0. The summed E-state index contributed by atoms with van der Waals surface area (Å²) in [5.41, 5.74) is 1.38. The summed E-state index contributed by atoms with van der Waals surface area (Å²) >= 11 is 1.99. The Morgan fingerprint density at radius 1 is 1.43 bits per heavy atom. The standard InChI is InChI=1S/C12H15OS/c1-2-5-11(6-3-1)7-4-8-13-9-12-10-14-12/h2-3,5-6,12H,4,7-10H2. The average molecular weight is 207 g/mol. The van der Waals surface area contributed by atoms with Crippen LogP contribution in [0.3, 0.4) is 0 Å². The van der Waals surface area contributed by atoms with Crippen molar-refractivity contribution in [2.45, 2.75) is 18.1 Å². The maximum Gasteiger partial charge on any atom is 0.0593 e. The van der Waals surface area contributed by atoms with Gasteiger partial charge in [-0.1, -0.05) is 24.3 Å². The van der Waals surface area contributed by atoms with Gasteiger partial charge >= 0.3 is 0 Å². The van der Waals surface area contributed by atoms with E-state index in [1.807, 2.05) is 23.9 Å². The van der Waals surface area contributed by atoms with Crippen LogP contribution in [0, 0.1) is 6.07 Å². The van der Waals surface area contributed by atoms with E-state index in [-0.39, 0.29) is 0 Å². The van der Waals surface area contributed by atoms with Crippen LogP contribution in [-0.2, 0) is 11.2 Å². The van der Waals surface area contributed by atoms with Crippen LogP contribution >= 0.6 is 11.8 Å². The van der Waals surface area contributed by atoms with Gasteiger partial charge in [0.25, 0.3) is 0 Å². The summed E-state index contributed by atoms with van der Waals surface area (Å²) in [6.45, 7) is 1.85. The zero-order valence-corrected chi connectivity index (χ0v) is 9.06. The normalized spacial score (nSPS) is 19.6. The highest BCUT2D eigenvalue weighted by atomic mass is 32.2. The van der Waals surface area contributed by atoms with Gasteiger partial charge in [-0.15, -0.1) is 0 Å². The molecule has 0 aromatic heterocycles. The van der Waals surface area contributed by atoms with Gasteiger partial charge in [0.2, 0.25) is 0 Å². The number of ether oxygens (including phenoxy) is 1. The predicted octanol–water partition coefficient (Wildman–Crippen LogP) is 2.55. The predicted molar refractivity (Wildman–Crippen MR) is 60.7 cm³/mol. The highest BCUT2D eigenvalue weighted by molar-refractivity contribution is 8.06. The van der Waals surface area contributed by atoms with Crippen molar-refractivity contribution in [2.75, 3.05) is 19.0 Å². The summed E-state index contributed by atoms with van der Waals surface area (Å²) in [7, 11) is 0. The maximum absolute atomic E-state index is 5.55. The first-order valence-corrected chi connectivity index (χ1v) is 6.14. The molecule has 75 valence electrons. The van der Waals surface area contributed by atoms with E-state index in [0.717, 1.165) is 31.3 Å². The average Bonchev–Trinajstić information content (AvgIpc) is 3.03. The second-order valence-corrected chi connectivity index (χ2v) is 4.88. The third kappa shape index (κ3) is 3.72. The number of thioether (sulfide) groups is 1. The van der Waals surface area contributed by atoms with E-state index >= 15 is 0 Å². The van der Waals surface area contributed by atoms with Crippen molar-refractivity contribution in [1.29, 1.82) is 0 Å². The monoisotopic (exact) mass is 207 g/mol. The minimum absolute atomic E-state index is 0.807. The Morgan fingerprint density at radius 2 is 2.21 bits per heavy atom. The molecule has 1 radical (unpaired) electrons. The molecule has 0 spiro atoms. The molecule has 1 aromatic rings. The first-order chi connectivity index (χ1) is 6.95. The SMILES string of the molecule is [c]1ccc(CCCOCC2CS2)cc1. The van der Waals surface area contributed by atoms with E-state index in [1.54, 1.807) is 0 Å². The molecule has 1 aliphatic rings. The van der Waals surface area contributed by atoms with Crippen LogP contribution in [0.1, 0.15) is 12.0 Å². The molecule has 0 aliphatic carbocycles. The topological polar surface area (TPSA) is 9.23 Å². The second-order valence-electron chi connectivity index (χ2n) is 3.54. The first-order valence-electron chi connectivity index (χ1n) is 5.09. The van der Waals surface area contributed by atoms with Crippen molar-refractivity contribution in [3.63, 3.8) is 0 Å². The quantitative estimate of drug-likeness (QED) is 0.524. The van der Waals surface area contributed by atoms with E-state index in [2.05, 4.69) is 18.2 Å². The molecule has 0 saturated carbocycles. The summed E-state index contributed by atoms with van der Waals surface area (Å²) < 4.78 is 5.55. The van der Waals surface area contributed by atoms with Crippen LogP contribution in [0.15, 0.2) is 24.3 Å². The fourth-order valence-corrected chi connectivity index (χ4v) is 1.77. The van der Waals surface area contributed by atoms with Gasteiger partial charge in [0.15, 0.2) is 0 Å². The summed E-state index contributed by atoms with van der Waals surface area (Å²) in [5.74, 6) is 1.30. The lowest BCUT2D eigenvalue weighted by molar-refractivity contribution is 0.139. The lowest BCUT2D eigenvalue weighted by Crippen LogP contribution is -2.02. The van der Waals surface area contributed by atoms with Crippen molar-refractivity contribution in [2.24, 2.45) is 0 Å². The molecule has 1 heterocycles. The van der Waals surface area contributed by atoms with Gasteiger partial charge in [0.1, 0.15) is 0 Å². The molecule has 0 bridgehead atoms. The Labute approximate surface area is 89.9 Å². The number of hydrogen-bond donors (Lipinski definition) is 0. The molecule has 2 rings (SSSR count). The Hall–Kier alpha value is -0.470. The van der Waals surface area contributed by atoms with Gasteiger partial charge in [-0.3, -0.25) is 0 Å². The summed E-state index contributed by atoms with van der Waals surface area (Å²) in [6, 6.07) is 11.2. The van der Waals surface area contributed by atoms with Crippen molar-refractivity contribution in [3.05, 3.63) is 35.9 Å². The zero-order valence-electron chi connectivity index (χ0n) is 8.24. The molecule has 0 N–H and O–H groups in total. The Kier molecular flexibility index (Phi) is 3.90. The number of benzene rings is 1. The van der Waals surface area contributed by atoms with E-state index < -0.39 is 0 Å². The van der Waals surface area contributed by atoms with E-state index in [0.29, 0.717) is 0 Å². The van der Waals surface area contributed by atoms with Crippen molar-refractivity contribution >= 4 is 11.8 Å². The van der Waals surface area contributed by atoms with E-state index in [9.17, 15) is 0 Å². The molecule has 0 amide bonds. The van der Waals surface area contributed by atoms with Crippen LogP contribution < -0.4 is 0 Å². The molecule has 1 atom stereocenters. The van der Waals surface area contributed by atoms with Crippen molar-refractivity contribution < 1.29 is 4.74 Å². The van der Waals surface area contributed by atoms with Crippen molar-refractivity contribution in [1.82, 2.24) is 0 Å². The molecule has 1 aromatic carbocycles. The number of hydrogen-bond acceptors (Lipinski definition) is 2. The largest absolute Gasteiger partial charge is 0.380 e. The maximum atomic E-state index is 5.55. The van der Waals surface area contributed by atoms with Gasteiger partial charge in [-0.05, 0) is 24.5 Å². The molecule has 1 saturated heterocycles. The molecule has 1 aliphatic heterocycles. The van der Waals surface area contributed by atoms with Crippen LogP contribution in [0.25, 0.3) is 0 Å². The Morgan fingerprint density at radius 3 is 2.93 bits per heavy atom. The van der Waals surface area contributed by atoms with Crippen LogP contribution in [0.5, 0.6) is 0 Å². The Balaban J connectivity index is 1.54. The van der Waals surface area contributed by atoms with Gasteiger partial charge in [-0.25, -0.2) is 0 Å². The molecule has 2 heteroatoms. The van der Waals surface area contributed by atoms with E-state index in [4.69, 9.17) is 4.74 Å². The molecule has 1 unspecified atom stereocenters. The lowest BCUT2D eigenvalue weighted by atomic mass is 10.1.